The van der Waals surface area contributed by atoms with Gasteiger partial charge in [0.05, 0.1) is 32.3 Å². The highest BCUT2D eigenvalue weighted by Crippen LogP contribution is 2.72. The Labute approximate surface area is 330 Å². The van der Waals surface area contributed by atoms with Crippen LogP contribution in [-0.4, -0.2) is 74.1 Å². The van der Waals surface area contributed by atoms with E-state index < -0.39 is 88.4 Å². The van der Waals surface area contributed by atoms with E-state index in [4.69, 9.17) is 32.8 Å². The van der Waals surface area contributed by atoms with Crippen LogP contribution in [0.4, 0.5) is 0 Å². The van der Waals surface area contributed by atoms with Gasteiger partial charge in [0, 0.05) is 64.6 Å². The van der Waals surface area contributed by atoms with E-state index in [2.05, 4.69) is 0 Å². The average molecular weight is 779 g/mol. The Morgan fingerprint density at radius 1 is 0.821 bits per heavy atom. The monoisotopic (exact) mass is 778 g/mol. The molecule has 3 aliphatic carbocycles. The molecule has 3 fully saturated rings. The van der Waals surface area contributed by atoms with E-state index >= 15 is 0 Å². The number of hydrogen-bond donors (Lipinski definition) is 0. The summed E-state index contributed by atoms with van der Waals surface area (Å²) in [6.45, 7) is 19.6. The van der Waals surface area contributed by atoms with Crippen molar-refractivity contribution in [3.05, 3.63) is 70.2 Å². The zero-order valence-electron chi connectivity index (χ0n) is 34.8. The van der Waals surface area contributed by atoms with Crippen molar-refractivity contribution in [1.82, 2.24) is 0 Å². The van der Waals surface area contributed by atoms with Gasteiger partial charge in [-0.25, -0.2) is 14.4 Å². The summed E-state index contributed by atoms with van der Waals surface area (Å²) in [6, 6.07) is 1.86. The molecule has 5 rings (SSSR count). The fraction of sp³-hybridized carbons (Fsp3) is 0.614. The molecule has 2 heterocycles. The molecule has 1 saturated heterocycles. The fourth-order valence-electron chi connectivity index (χ4n) is 10.5. The van der Waals surface area contributed by atoms with Crippen molar-refractivity contribution in [3.63, 3.8) is 0 Å². The Morgan fingerprint density at radius 2 is 1.39 bits per heavy atom. The molecule has 12 heteroatoms. The van der Waals surface area contributed by atoms with Gasteiger partial charge >= 0.3 is 29.8 Å². The van der Waals surface area contributed by atoms with E-state index in [1.54, 1.807) is 72.3 Å². The third-order valence-electron chi connectivity index (χ3n) is 13.7. The molecule has 0 unspecified atom stereocenters. The fourth-order valence-corrected chi connectivity index (χ4v) is 10.5. The SMILES string of the molecule is C/C=C(\C)C(=O)O[C@@H]1[C@@H]2OC[C@]3(C)[C@H](OC(=O)/C(C)=C/C)C[C@H](OC(=O)/C(C)=C/C)[C@@](C)([C@@H]23)[C@@H](CC(=O)OC)[C@]1(C)C1=C(C)[C@H](c2ccoc2)C[C@@H]1OC(C)=O. The number of hydrogen-bond acceptors (Lipinski definition) is 12. The van der Waals surface area contributed by atoms with Gasteiger partial charge in [-0.15, -0.1) is 0 Å². The van der Waals surface area contributed by atoms with Gasteiger partial charge < -0.3 is 32.8 Å². The molecule has 1 aliphatic heterocycles. The van der Waals surface area contributed by atoms with Crippen LogP contribution in [-0.2, 0) is 52.4 Å². The molecule has 0 spiro atoms. The largest absolute Gasteiger partial charge is 0.472 e. The predicted molar refractivity (Wildman–Crippen MR) is 205 cm³/mol. The van der Waals surface area contributed by atoms with E-state index in [0.29, 0.717) is 28.7 Å². The van der Waals surface area contributed by atoms with Crippen LogP contribution in [0.5, 0.6) is 0 Å². The lowest BCUT2D eigenvalue weighted by molar-refractivity contribution is -0.259. The third-order valence-corrected chi connectivity index (χ3v) is 13.7. The molecule has 56 heavy (non-hydrogen) atoms. The predicted octanol–water partition coefficient (Wildman–Crippen LogP) is 7.28. The Balaban J connectivity index is 1.86. The molecule has 306 valence electrons. The lowest BCUT2D eigenvalue weighted by Gasteiger charge is -2.66. The standard InChI is InChI=1S/C44H58O12/c1-13-23(4)39(47)54-32-20-33(55-40(48)24(5)14-2)43(10)31(19-34(46)50-12)44(11,35-26(7)29(28-16-17-51-21-28)18-30(35)53-27(8)45)38(56-41(49)25(6)15-3)36-37(43)42(32,9)22-52-36/h13-17,21,29-33,36-38H,18-20,22H2,1-12H3/b23-13+,24-14+,25-15+/t29-,30+,31-,32-,33+,36-,37+,38-,42-,43+,44-/m1/s1. The first-order valence-electron chi connectivity index (χ1n) is 19.4. The molecular formula is C44H58O12. The summed E-state index contributed by atoms with van der Waals surface area (Å²) in [6.07, 6.45) is 4.10. The highest BCUT2D eigenvalue weighted by Gasteiger charge is 2.77. The van der Waals surface area contributed by atoms with Crippen LogP contribution in [0.25, 0.3) is 0 Å². The lowest BCUT2D eigenvalue weighted by atomic mass is 9.39. The lowest BCUT2D eigenvalue weighted by Crippen LogP contribution is -2.72. The Bertz CT molecular complexity index is 1850. The highest BCUT2D eigenvalue weighted by molar-refractivity contribution is 5.89. The molecule has 0 aromatic carbocycles. The van der Waals surface area contributed by atoms with Crippen molar-refractivity contribution in [2.75, 3.05) is 13.7 Å². The first kappa shape index (κ1) is 42.7. The van der Waals surface area contributed by atoms with Crippen LogP contribution in [0.15, 0.2) is 69.1 Å². The van der Waals surface area contributed by atoms with Crippen molar-refractivity contribution in [1.29, 1.82) is 0 Å². The topological polar surface area (TPSA) is 154 Å². The van der Waals surface area contributed by atoms with Crippen molar-refractivity contribution in [2.24, 2.45) is 28.1 Å². The quantitative estimate of drug-likeness (QED) is 0.0960. The summed E-state index contributed by atoms with van der Waals surface area (Å²) in [5.74, 6) is -4.31. The minimum atomic E-state index is -1.30. The van der Waals surface area contributed by atoms with Gasteiger partial charge in [0.15, 0.2) is 0 Å². The summed E-state index contributed by atoms with van der Waals surface area (Å²) in [4.78, 5) is 68.1. The van der Waals surface area contributed by atoms with Crippen molar-refractivity contribution in [2.45, 2.75) is 132 Å². The van der Waals surface area contributed by atoms with Crippen LogP contribution in [0, 0.1) is 28.1 Å². The second-order valence-corrected chi connectivity index (χ2v) is 16.5. The number of furan rings is 1. The van der Waals surface area contributed by atoms with Crippen LogP contribution in [0.2, 0.25) is 0 Å². The molecule has 0 amide bonds. The summed E-state index contributed by atoms with van der Waals surface area (Å²) in [5, 5.41) is 0. The second-order valence-electron chi connectivity index (χ2n) is 16.5. The van der Waals surface area contributed by atoms with Crippen molar-refractivity contribution in [3.8, 4) is 0 Å². The van der Waals surface area contributed by atoms with E-state index in [9.17, 15) is 24.0 Å². The van der Waals surface area contributed by atoms with Gasteiger partial charge in [-0.1, -0.05) is 44.6 Å². The van der Waals surface area contributed by atoms with Gasteiger partial charge in [0.25, 0.3) is 0 Å². The molecule has 11 atom stereocenters. The van der Waals surface area contributed by atoms with Crippen LogP contribution in [0.3, 0.4) is 0 Å². The molecule has 12 nitrogen and oxygen atoms in total. The molecule has 2 saturated carbocycles. The van der Waals surface area contributed by atoms with Crippen molar-refractivity contribution >= 4 is 29.8 Å². The Hall–Kier alpha value is -4.45. The van der Waals surface area contributed by atoms with E-state index in [-0.39, 0.29) is 25.4 Å². The Kier molecular flexibility index (Phi) is 12.3. The smallest absolute Gasteiger partial charge is 0.333 e. The van der Waals surface area contributed by atoms with Gasteiger partial charge in [-0.2, -0.15) is 0 Å². The average Bonchev–Trinajstić information content (AvgIpc) is 3.90. The molecule has 0 bridgehead atoms. The maximum absolute atomic E-state index is 14.0. The second kappa shape index (κ2) is 16.2. The molecule has 1 aromatic rings. The minimum absolute atomic E-state index is 0.101. The number of carbonyl (C=O) groups excluding carboxylic acids is 5. The number of allylic oxidation sites excluding steroid dienone is 4. The van der Waals surface area contributed by atoms with E-state index in [1.807, 2.05) is 33.8 Å². The summed E-state index contributed by atoms with van der Waals surface area (Å²) < 4.78 is 43.3. The van der Waals surface area contributed by atoms with Gasteiger partial charge in [0.2, 0.25) is 0 Å². The highest BCUT2D eigenvalue weighted by atomic mass is 16.6. The van der Waals surface area contributed by atoms with Crippen molar-refractivity contribution < 1.29 is 56.8 Å². The van der Waals surface area contributed by atoms with Crippen LogP contribution >= 0.6 is 0 Å². The molecule has 4 aliphatic rings. The maximum Gasteiger partial charge on any atom is 0.333 e. The number of esters is 5. The van der Waals surface area contributed by atoms with Gasteiger partial charge in [0.1, 0.15) is 24.4 Å². The minimum Gasteiger partial charge on any atom is -0.472 e. The third kappa shape index (κ3) is 7.07. The number of rotatable bonds is 11. The maximum atomic E-state index is 14.0. The zero-order valence-corrected chi connectivity index (χ0v) is 34.8. The molecular weight excluding hydrogens is 720 g/mol. The number of methoxy groups -OCH3 is 1. The molecule has 0 N–H and O–H groups in total. The van der Waals surface area contributed by atoms with Crippen LogP contribution in [0.1, 0.15) is 107 Å². The van der Waals surface area contributed by atoms with Crippen LogP contribution < -0.4 is 0 Å². The first-order valence-corrected chi connectivity index (χ1v) is 19.4. The Morgan fingerprint density at radius 3 is 1.91 bits per heavy atom. The summed E-state index contributed by atoms with van der Waals surface area (Å²) in [5.41, 5.74) is 0.275. The number of ether oxygens (including phenoxy) is 6. The first-order chi connectivity index (χ1) is 26.3. The number of carbonyl (C=O) groups is 5. The van der Waals surface area contributed by atoms with E-state index in [0.717, 1.165) is 11.1 Å². The van der Waals surface area contributed by atoms with Gasteiger partial charge in [-0.3, -0.25) is 9.59 Å². The van der Waals surface area contributed by atoms with E-state index in [1.165, 1.54) is 14.0 Å². The zero-order chi connectivity index (χ0) is 41.5. The summed E-state index contributed by atoms with van der Waals surface area (Å²) in [7, 11) is 1.31. The molecule has 0 radical (unpaired) electrons. The van der Waals surface area contributed by atoms with Gasteiger partial charge in [-0.05, 0) is 78.0 Å². The normalized spacial score (nSPS) is 35.8. The molecule has 1 aromatic heterocycles. The summed E-state index contributed by atoms with van der Waals surface area (Å²) >= 11 is 0.